The highest BCUT2D eigenvalue weighted by atomic mass is 32.1. The van der Waals surface area contributed by atoms with Crippen molar-refractivity contribution in [3.05, 3.63) is 164 Å². The summed E-state index contributed by atoms with van der Waals surface area (Å²) in [4.78, 5) is 10.4. The minimum atomic E-state index is 0.744. The maximum absolute atomic E-state index is 5.28. The van der Waals surface area contributed by atoms with Crippen molar-refractivity contribution >= 4 is 64.2 Å². The highest BCUT2D eigenvalue weighted by molar-refractivity contribution is 7.26. The van der Waals surface area contributed by atoms with Gasteiger partial charge in [-0.25, -0.2) is 9.97 Å². The molecule has 0 aliphatic rings. The first kappa shape index (κ1) is 27.1. The van der Waals surface area contributed by atoms with Crippen LogP contribution in [0.5, 0.6) is 0 Å². The second-order valence-electron chi connectivity index (χ2n) is 12.2. The Bertz CT molecular complexity index is 2830. The molecule has 0 saturated carbocycles. The third kappa shape index (κ3) is 4.13. The van der Waals surface area contributed by atoms with Crippen LogP contribution in [-0.4, -0.2) is 14.5 Å². The molecule has 0 N–H and O–H groups in total. The average Bonchev–Trinajstić information content (AvgIpc) is 3.71. The molecule has 0 saturated heterocycles. The Hall–Kier alpha value is -6.10. The van der Waals surface area contributed by atoms with Crippen LogP contribution in [0.25, 0.3) is 92.3 Å². The van der Waals surface area contributed by atoms with E-state index in [-0.39, 0.29) is 0 Å². The Morgan fingerprint density at radius 2 is 1.12 bits per heavy atom. The van der Waals surface area contributed by atoms with E-state index < -0.39 is 0 Å². The predicted molar refractivity (Wildman–Crippen MR) is 203 cm³/mol. The van der Waals surface area contributed by atoms with Crippen molar-refractivity contribution in [1.29, 1.82) is 0 Å². The molecule has 7 aromatic carbocycles. The first-order valence-electron chi connectivity index (χ1n) is 16.2. The first-order chi connectivity index (χ1) is 23.8. The Morgan fingerprint density at radius 1 is 0.458 bits per heavy atom. The fourth-order valence-corrected chi connectivity index (χ4v) is 8.52. The number of fused-ring (bicyclic) bond motifs is 7. The topological polar surface area (TPSA) is 30.7 Å². The molecule has 3 nitrogen and oxygen atoms in total. The van der Waals surface area contributed by atoms with E-state index in [4.69, 9.17) is 9.97 Å². The molecule has 0 radical (unpaired) electrons. The molecule has 0 aliphatic carbocycles. The molecule has 0 unspecified atom stereocenters. The normalized spacial score (nSPS) is 11.8. The minimum Gasteiger partial charge on any atom is -0.309 e. The van der Waals surface area contributed by atoms with Gasteiger partial charge in [0.25, 0.3) is 0 Å². The number of hydrogen-bond acceptors (Lipinski definition) is 3. The van der Waals surface area contributed by atoms with Gasteiger partial charge in [-0.15, -0.1) is 11.3 Å². The highest BCUT2D eigenvalue weighted by Crippen LogP contribution is 2.46. The maximum Gasteiger partial charge on any atom is 0.161 e. The lowest BCUT2D eigenvalue weighted by Gasteiger charge is -2.12. The summed E-state index contributed by atoms with van der Waals surface area (Å²) in [5.41, 5.74) is 10.0. The van der Waals surface area contributed by atoms with Crippen molar-refractivity contribution in [2.75, 3.05) is 0 Å². The average molecular weight is 630 g/mol. The van der Waals surface area contributed by atoms with E-state index in [1.54, 1.807) is 0 Å². The number of hydrogen-bond donors (Lipinski definition) is 0. The van der Waals surface area contributed by atoms with Gasteiger partial charge in [-0.3, -0.25) is 0 Å². The third-order valence-electron chi connectivity index (χ3n) is 9.42. The molecule has 48 heavy (non-hydrogen) atoms. The van der Waals surface area contributed by atoms with Crippen LogP contribution in [0.1, 0.15) is 0 Å². The predicted octanol–water partition coefficient (Wildman–Crippen LogP) is 12.1. The molecular weight excluding hydrogens is 603 g/mol. The summed E-state index contributed by atoms with van der Waals surface area (Å²) in [7, 11) is 0. The summed E-state index contributed by atoms with van der Waals surface area (Å²) in [6.45, 7) is 0. The smallest absolute Gasteiger partial charge is 0.161 e. The van der Waals surface area contributed by atoms with Gasteiger partial charge in [0.05, 0.1) is 22.2 Å². The quantitative estimate of drug-likeness (QED) is 0.194. The fourth-order valence-electron chi connectivity index (χ4n) is 7.25. The van der Waals surface area contributed by atoms with Gasteiger partial charge in [-0.1, -0.05) is 115 Å². The molecule has 0 aliphatic heterocycles. The molecular formula is C44H27N3S. The van der Waals surface area contributed by atoms with E-state index in [0.717, 1.165) is 39.2 Å². The summed E-state index contributed by atoms with van der Waals surface area (Å²) in [5, 5.41) is 5.98. The van der Waals surface area contributed by atoms with Crippen LogP contribution < -0.4 is 0 Å². The van der Waals surface area contributed by atoms with Crippen molar-refractivity contribution < 1.29 is 0 Å². The Balaban J connectivity index is 1.23. The summed E-state index contributed by atoms with van der Waals surface area (Å²) in [6.07, 6.45) is 0. The number of thiophene rings is 1. The Labute approximate surface area is 281 Å². The van der Waals surface area contributed by atoms with E-state index >= 15 is 0 Å². The number of benzene rings is 7. The van der Waals surface area contributed by atoms with Crippen LogP contribution >= 0.6 is 11.3 Å². The van der Waals surface area contributed by atoms with Crippen LogP contribution in [0.15, 0.2) is 164 Å². The van der Waals surface area contributed by atoms with Crippen LogP contribution in [0.2, 0.25) is 0 Å². The SMILES string of the molecule is c1ccc(-c2nc(-c3ccc(-c4ccc5c(c4)c4ccccc4n5-c4ccccc4)c4sc5ccccc5c34)nc3ccccc23)cc1. The lowest BCUT2D eigenvalue weighted by molar-refractivity contribution is 1.18. The zero-order valence-electron chi connectivity index (χ0n) is 25.8. The van der Waals surface area contributed by atoms with Gasteiger partial charge in [-0.05, 0) is 59.7 Å². The largest absolute Gasteiger partial charge is 0.309 e. The van der Waals surface area contributed by atoms with Crippen LogP contribution in [-0.2, 0) is 0 Å². The molecule has 10 rings (SSSR count). The number of para-hydroxylation sites is 3. The minimum absolute atomic E-state index is 0.744. The molecule has 0 spiro atoms. The van der Waals surface area contributed by atoms with Gasteiger partial charge >= 0.3 is 0 Å². The van der Waals surface area contributed by atoms with E-state index in [1.807, 2.05) is 17.4 Å². The summed E-state index contributed by atoms with van der Waals surface area (Å²) >= 11 is 1.85. The second kappa shape index (κ2) is 10.7. The van der Waals surface area contributed by atoms with Crippen LogP contribution in [0.3, 0.4) is 0 Å². The van der Waals surface area contributed by atoms with Gasteiger partial charge in [0.1, 0.15) is 0 Å². The van der Waals surface area contributed by atoms with Crippen molar-refractivity contribution in [3.63, 3.8) is 0 Å². The summed E-state index contributed by atoms with van der Waals surface area (Å²) < 4.78 is 4.87. The molecule has 224 valence electrons. The molecule has 0 fully saturated rings. The Morgan fingerprint density at radius 3 is 1.98 bits per heavy atom. The van der Waals surface area contributed by atoms with Crippen LogP contribution in [0, 0.1) is 0 Å². The number of nitrogens with zero attached hydrogens (tertiary/aromatic N) is 3. The van der Waals surface area contributed by atoms with Gasteiger partial charge < -0.3 is 4.57 Å². The molecule has 10 aromatic rings. The Kier molecular flexibility index (Phi) is 6.05. The van der Waals surface area contributed by atoms with E-state index in [2.05, 4.69) is 162 Å². The number of rotatable bonds is 4. The lowest BCUT2D eigenvalue weighted by Crippen LogP contribution is -1.96. The standard InChI is InChI=1S/C44H27N3S/c1-3-13-28(14-4-1)42-33-18-7-10-20-37(33)45-44(46-42)35-25-24-31(43-41(35)34-19-9-12-22-40(34)48-43)29-23-26-39-36(27-29)32-17-8-11-21-38(32)47(39)30-15-5-2-6-16-30/h1-27H. The maximum atomic E-state index is 5.28. The lowest BCUT2D eigenvalue weighted by atomic mass is 9.97. The van der Waals surface area contributed by atoms with E-state index in [9.17, 15) is 0 Å². The van der Waals surface area contributed by atoms with E-state index in [0.29, 0.717) is 0 Å². The third-order valence-corrected chi connectivity index (χ3v) is 10.6. The first-order valence-corrected chi connectivity index (χ1v) is 17.0. The molecule has 0 atom stereocenters. The number of aromatic nitrogens is 3. The highest BCUT2D eigenvalue weighted by Gasteiger charge is 2.20. The second-order valence-corrected chi connectivity index (χ2v) is 13.2. The van der Waals surface area contributed by atoms with Crippen LogP contribution in [0.4, 0.5) is 0 Å². The van der Waals surface area contributed by atoms with Crippen molar-refractivity contribution in [2.45, 2.75) is 0 Å². The van der Waals surface area contributed by atoms with Gasteiger partial charge in [0, 0.05) is 53.1 Å². The van der Waals surface area contributed by atoms with Gasteiger partial charge in [0.15, 0.2) is 5.82 Å². The molecule has 0 amide bonds. The van der Waals surface area contributed by atoms with Gasteiger partial charge in [0.2, 0.25) is 0 Å². The summed E-state index contributed by atoms with van der Waals surface area (Å²) in [5.74, 6) is 0.744. The molecule has 3 heterocycles. The molecule has 3 aromatic heterocycles. The van der Waals surface area contributed by atoms with Gasteiger partial charge in [-0.2, -0.15) is 0 Å². The summed E-state index contributed by atoms with van der Waals surface area (Å²) in [6, 6.07) is 58.2. The van der Waals surface area contributed by atoms with Crippen molar-refractivity contribution in [2.24, 2.45) is 0 Å². The fraction of sp³-hybridized carbons (Fsp3) is 0. The zero-order valence-corrected chi connectivity index (χ0v) is 26.7. The molecule has 4 heteroatoms. The molecule has 0 bridgehead atoms. The van der Waals surface area contributed by atoms with Crippen molar-refractivity contribution in [3.8, 4) is 39.5 Å². The van der Waals surface area contributed by atoms with Crippen molar-refractivity contribution in [1.82, 2.24) is 14.5 Å². The zero-order chi connectivity index (χ0) is 31.6. The monoisotopic (exact) mass is 629 g/mol. The van der Waals surface area contributed by atoms with E-state index in [1.165, 1.54) is 53.1 Å².